The van der Waals surface area contributed by atoms with Crippen molar-refractivity contribution in [1.29, 1.82) is 0 Å². The van der Waals surface area contributed by atoms with Gasteiger partial charge in [-0.1, -0.05) is 56.9 Å². The van der Waals surface area contributed by atoms with Crippen LogP contribution in [-0.2, 0) is 6.42 Å². The molecule has 0 aliphatic heterocycles. The second kappa shape index (κ2) is 11.9. The molecule has 162 valence electrons. The third-order valence-corrected chi connectivity index (χ3v) is 7.64. The van der Waals surface area contributed by atoms with Crippen LogP contribution in [0.2, 0.25) is 0 Å². The zero-order valence-electron chi connectivity index (χ0n) is 18.4. The van der Waals surface area contributed by atoms with Crippen LogP contribution >= 0.6 is 0 Å². The van der Waals surface area contributed by atoms with Crippen molar-refractivity contribution in [3.63, 3.8) is 0 Å². The molecule has 0 amide bonds. The van der Waals surface area contributed by atoms with Crippen molar-refractivity contribution < 1.29 is 8.78 Å². The number of benzene rings is 1. The molecule has 0 N–H and O–H groups in total. The molecule has 0 aromatic heterocycles. The molecular formula is C27H40F2. The van der Waals surface area contributed by atoms with Gasteiger partial charge >= 0.3 is 0 Å². The summed E-state index contributed by atoms with van der Waals surface area (Å²) in [6, 6.07) is 9.49. The molecule has 0 atom stereocenters. The average Bonchev–Trinajstić information content (AvgIpc) is 2.74. The Morgan fingerprint density at radius 1 is 0.793 bits per heavy atom. The van der Waals surface area contributed by atoms with Crippen LogP contribution in [0, 0.1) is 17.8 Å². The molecule has 2 aliphatic carbocycles. The molecule has 0 spiro atoms. The van der Waals surface area contributed by atoms with Crippen molar-refractivity contribution in [2.24, 2.45) is 17.8 Å². The highest BCUT2D eigenvalue weighted by Gasteiger charge is 2.31. The highest BCUT2D eigenvalue weighted by molar-refractivity contribution is 5.26. The molecule has 1 aromatic carbocycles. The summed E-state index contributed by atoms with van der Waals surface area (Å²) >= 11 is 0. The summed E-state index contributed by atoms with van der Waals surface area (Å²) in [6.45, 7) is 2.27. The molecule has 1 aromatic rings. The molecule has 0 saturated heterocycles. The molecule has 2 fully saturated rings. The second-order valence-electron chi connectivity index (χ2n) is 9.65. The molecule has 3 rings (SSSR count). The Hall–Kier alpha value is -1.18. The molecule has 0 unspecified atom stereocenters. The Bertz CT molecular complexity index is 598. The molecular weight excluding hydrogens is 362 g/mol. The first-order valence-electron chi connectivity index (χ1n) is 12.3. The molecule has 2 aliphatic rings. The van der Waals surface area contributed by atoms with Crippen LogP contribution < -0.4 is 0 Å². The minimum Gasteiger partial charge on any atom is -0.174 e. The van der Waals surface area contributed by atoms with E-state index in [4.69, 9.17) is 0 Å². The van der Waals surface area contributed by atoms with Crippen LogP contribution in [0.25, 0.3) is 0 Å². The minimum atomic E-state index is -1.49. The van der Waals surface area contributed by atoms with Gasteiger partial charge in [-0.25, -0.2) is 0 Å². The van der Waals surface area contributed by atoms with Crippen LogP contribution in [0.1, 0.15) is 107 Å². The number of allylic oxidation sites excluding steroid dienone is 1. The Morgan fingerprint density at radius 2 is 1.38 bits per heavy atom. The lowest BCUT2D eigenvalue weighted by atomic mass is 9.68. The summed E-state index contributed by atoms with van der Waals surface area (Å²) < 4.78 is 24.9. The van der Waals surface area contributed by atoms with Crippen LogP contribution in [0.3, 0.4) is 0 Å². The number of halogens is 2. The summed E-state index contributed by atoms with van der Waals surface area (Å²) in [7, 11) is 0. The van der Waals surface area contributed by atoms with Crippen molar-refractivity contribution in [2.75, 3.05) is 0 Å². The van der Waals surface area contributed by atoms with Gasteiger partial charge in [0.05, 0.1) is 0 Å². The maximum Gasteiger partial charge on any atom is 0.266 e. The van der Waals surface area contributed by atoms with E-state index >= 15 is 0 Å². The monoisotopic (exact) mass is 402 g/mol. The maximum absolute atomic E-state index is 12.5. The quantitative estimate of drug-likeness (QED) is 0.361. The van der Waals surface area contributed by atoms with Crippen molar-refractivity contribution in [3.05, 3.63) is 47.5 Å². The smallest absolute Gasteiger partial charge is 0.174 e. The lowest BCUT2D eigenvalue weighted by Gasteiger charge is -2.37. The Kier molecular flexibility index (Phi) is 9.21. The summed E-state index contributed by atoms with van der Waals surface area (Å²) in [5.41, 5.74) is 3.03. The fraction of sp³-hybridized carbons (Fsp3) is 0.704. The molecule has 0 bridgehead atoms. The SMILES string of the molecule is CCCCCCCc1ccc([C@H]2CC[C@H]([C@H]3CC[C@H](C=C(F)F)CC3)CC2)cc1. The summed E-state index contributed by atoms with van der Waals surface area (Å²) in [5, 5.41) is 0. The van der Waals surface area contributed by atoms with E-state index in [1.807, 2.05) is 0 Å². The summed E-state index contributed by atoms with van der Waals surface area (Å²) in [4.78, 5) is 0. The molecule has 0 radical (unpaired) electrons. The van der Waals surface area contributed by atoms with Gasteiger partial charge in [0, 0.05) is 0 Å². The van der Waals surface area contributed by atoms with Crippen molar-refractivity contribution in [1.82, 2.24) is 0 Å². The number of hydrogen-bond acceptors (Lipinski definition) is 0. The number of rotatable bonds is 9. The lowest BCUT2D eigenvalue weighted by Crippen LogP contribution is -2.25. The van der Waals surface area contributed by atoms with Crippen LogP contribution in [0.15, 0.2) is 36.4 Å². The van der Waals surface area contributed by atoms with Crippen molar-refractivity contribution >= 4 is 0 Å². The van der Waals surface area contributed by atoms with Gasteiger partial charge < -0.3 is 0 Å². The van der Waals surface area contributed by atoms with E-state index in [9.17, 15) is 8.78 Å². The second-order valence-corrected chi connectivity index (χ2v) is 9.65. The number of unbranched alkanes of at least 4 members (excludes halogenated alkanes) is 4. The van der Waals surface area contributed by atoms with Crippen molar-refractivity contribution in [3.8, 4) is 0 Å². The lowest BCUT2D eigenvalue weighted by molar-refractivity contribution is 0.170. The van der Waals surface area contributed by atoms with Gasteiger partial charge in [0.2, 0.25) is 0 Å². The van der Waals surface area contributed by atoms with E-state index in [1.54, 1.807) is 0 Å². The minimum absolute atomic E-state index is 0.123. The van der Waals surface area contributed by atoms with Gasteiger partial charge in [-0.3, -0.25) is 0 Å². The summed E-state index contributed by atoms with van der Waals surface area (Å²) in [6.07, 6.45) is 17.2. The first-order chi connectivity index (χ1) is 14.2. The summed E-state index contributed by atoms with van der Waals surface area (Å²) in [5.74, 6) is 2.45. The normalized spacial score (nSPS) is 27.6. The number of aryl methyl sites for hydroxylation is 1. The van der Waals surface area contributed by atoms with Gasteiger partial charge in [-0.2, -0.15) is 8.78 Å². The van der Waals surface area contributed by atoms with Crippen LogP contribution in [0.4, 0.5) is 8.78 Å². The molecule has 29 heavy (non-hydrogen) atoms. The largest absolute Gasteiger partial charge is 0.266 e. The molecule has 0 heterocycles. The highest BCUT2D eigenvalue weighted by atomic mass is 19.3. The topological polar surface area (TPSA) is 0 Å². The number of hydrogen-bond donors (Lipinski definition) is 0. The Labute approximate surface area is 177 Å². The van der Waals surface area contributed by atoms with Gasteiger partial charge in [-0.15, -0.1) is 0 Å². The first kappa shape index (κ1) is 22.5. The molecule has 2 heteroatoms. The Balaban J connectivity index is 1.39. The van der Waals surface area contributed by atoms with Gasteiger partial charge in [0.15, 0.2) is 0 Å². The molecule has 2 saturated carbocycles. The fourth-order valence-corrected chi connectivity index (χ4v) is 5.77. The zero-order valence-corrected chi connectivity index (χ0v) is 18.4. The standard InChI is InChI=1S/C27H40F2/c1-2-3-4-5-6-7-21-8-12-23(13-9-21)25-16-18-26(19-17-25)24-14-10-22(11-15-24)20-27(28)29/h8-9,12-13,20,22,24-26H,2-7,10-11,14-19H2,1H3/t22-,24-,25-,26-. The average molecular weight is 403 g/mol. The van der Waals surface area contributed by atoms with E-state index in [2.05, 4.69) is 31.2 Å². The van der Waals surface area contributed by atoms with Gasteiger partial charge in [-0.05, 0) is 105 Å². The third kappa shape index (κ3) is 7.23. The van der Waals surface area contributed by atoms with E-state index in [0.717, 1.165) is 43.4 Å². The fourth-order valence-electron chi connectivity index (χ4n) is 5.77. The van der Waals surface area contributed by atoms with Gasteiger partial charge in [0.1, 0.15) is 0 Å². The maximum atomic E-state index is 12.5. The van der Waals surface area contributed by atoms with E-state index < -0.39 is 6.08 Å². The van der Waals surface area contributed by atoms with Crippen molar-refractivity contribution in [2.45, 2.75) is 103 Å². The highest BCUT2D eigenvalue weighted by Crippen LogP contribution is 2.44. The first-order valence-corrected chi connectivity index (χ1v) is 12.3. The third-order valence-electron chi connectivity index (χ3n) is 7.64. The van der Waals surface area contributed by atoms with Gasteiger partial charge in [0.25, 0.3) is 6.08 Å². The van der Waals surface area contributed by atoms with E-state index in [0.29, 0.717) is 0 Å². The predicted molar refractivity (Wildman–Crippen MR) is 119 cm³/mol. The Morgan fingerprint density at radius 3 is 1.97 bits per heavy atom. The van der Waals surface area contributed by atoms with E-state index in [-0.39, 0.29) is 5.92 Å². The van der Waals surface area contributed by atoms with E-state index in [1.165, 1.54) is 81.4 Å². The van der Waals surface area contributed by atoms with Crippen LogP contribution in [-0.4, -0.2) is 0 Å². The zero-order chi connectivity index (χ0) is 20.5. The molecule has 0 nitrogen and oxygen atoms in total. The van der Waals surface area contributed by atoms with Crippen LogP contribution in [0.5, 0.6) is 0 Å². The predicted octanol–water partition coefficient (Wildman–Crippen LogP) is 9.06.